The number of nitrogens with zero attached hydrogens (tertiary/aromatic N) is 1. The highest BCUT2D eigenvalue weighted by atomic mass is 28.4. The van der Waals surface area contributed by atoms with Crippen molar-refractivity contribution in [2.75, 3.05) is 13.2 Å². The van der Waals surface area contributed by atoms with E-state index in [1.165, 1.54) is 0 Å². The molecule has 1 N–H and O–H groups in total. The third-order valence-electron chi connectivity index (χ3n) is 5.16. The molecule has 0 spiro atoms. The molecule has 1 rings (SSSR count). The van der Waals surface area contributed by atoms with E-state index in [1.54, 1.807) is 19.9 Å². The van der Waals surface area contributed by atoms with Gasteiger partial charge >= 0.3 is 12.2 Å². The first kappa shape index (κ1) is 25.7. The third kappa shape index (κ3) is 6.88. The van der Waals surface area contributed by atoms with E-state index >= 15 is 0 Å². The number of ether oxygens (including phenoxy) is 2. The summed E-state index contributed by atoms with van der Waals surface area (Å²) in [6, 6.07) is 8.88. The Morgan fingerprint density at radius 1 is 1.13 bits per heavy atom. The van der Waals surface area contributed by atoms with Crippen molar-refractivity contribution < 1.29 is 23.5 Å². The van der Waals surface area contributed by atoms with E-state index in [0.29, 0.717) is 0 Å². The molecular weight excluding hydrogens is 400 g/mol. The fourth-order valence-corrected chi connectivity index (χ4v) is 3.80. The number of carbonyl (C=O) groups excluding carboxylic acids is 2. The highest BCUT2D eigenvalue weighted by Gasteiger charge is 2.43. The molecule has 0 aliphatic rings. The van der Waals surface area contributed by atoms with Gasteiger partial charge in [0.2, 0.25) is 0 Å². The minimum atomic E-state index is -2.25. The fourth-order valence-electron chi connectivity index (χ4n) is 2.53. The van der Waals surface area contributed by atoms with Gasteiger partial charge in [-0.25, -0.2) is 20.0 Å². The van der Waals surface area contributed by atoms with Crippen LogP contribution in [-0.4, -0.2) is 44.8 Å². The van der Waals surface area contributed by atoms with Crippen LogP contribution < -0.4 is 5.43 Å². The van der Waals surface area contributed by atoms with Crippen molar-refractivity contribution >= 4 is 20.5 Å². The lowest BCUT2D eigenvalue weighted by Gasteiger charge is -2.43. The molecule has 1 aromatic rings. The lowest BCUT2D eigenvalue weighted by atomic mass is 10.0. The van der Waals surface area contributed by atoms with Gasteiger partial charge in [0.15, 0.2) is 8.32 Å². The largest absolute Gasteiger partial charge is 0.449 e. The Morgan fingerprint density at radius 3 is 2.17 bits per heavy atom. The van der Waals surface area contributed by atoms with E-state index in [4.69, 9.17) is 13.9 Å². The van der Waals surface area contributed by atoms with Crippen LogP contribution in [0.5, 0.6) is 0 Å². The molecular formula is C22H36N2O5Si. The lowest BCUT2D eigenvalue weighted by Crippen LogP contribution is -2.55. The van der Waals surface area contributed by atoms with E-state index in [2.05, 4.69) is 45.9 Å². The van der Waals surface area contributed by atoms with Gasteiger partial charge in [-0.05, 0) is 37.5 Å². The molecule has 0 saturated carbocycles. The molecule has 0 saturated heterocycles. The van der Waals surface area contributed by atoms with Crippen LogP contribution in [0.2, 0.25) is 18.1 Å². The van der Waals surface area contributed by atoms with Crippen molar-refractivity contribution in [2.24, 2.45) is 0 Å². The molecule has 0 heterocycles. The van der Waals surface area contributed by atoms with Gasteiger partial charge in [0.25, 0.3) is 0 Å². The molecule has 0 aromatic heterocycles. The zero-order valence-corrected chi connectivity index (χ0v) is 20.2. The van der Waals surface area contributed by atoms with Crippen LogP contribution in [-0.2, 0) is 13.9 Å². The summed E-state index contributed by atoms with van der Waals surface area (Å²) in [5, 5.41) is 1.04. The second-order valence-electron chi connectivity index (χ2n) is 8.34. The first-order valence-electron chi connectivity index (χ1n) is 10.2. The van der Waals surface area contributed by atoms with E-state index in [1.807, 2.05) is 30.3 Å². The van der Waals surface area contributed by atoms with Gasteiger partial charge in [0.05, 0.1) is 19.3 Å². The molecule has 2 unspecified atom stereocenters. The number of hydrazine groups is 1. The molecule has 30 heavy (non-hydrogen) atoms. The molecule has 2 amide bonds. The van der Waals surface area contributed by atoms with E-state index in [-0.39, 0.29) is 18.3 Å². The smallest absolute Gasteiger partial charge is 0.429 e. The van der Waals surface area contributed by atoms with Crippen LogP contribution in [0, 0.1) is 0 Å². The second-order valence-corrected chi connectivity index (χ2v) is 13.1. The van der Waals surface area contributed by atoms with Crippen LogP contribution in [0.3, 0.4) is 0 Å². The minimum Gasteiger partial charge on any atom is -0.449 e. The number of rotatable bonds is 8. The predicted molar refractivity (Wildman–Crippen MR) is 120 cm³/mol. The standard InChI is InChI=1S/C22H36N2O5Si/c1-9-18(24(21(26)28-11-3)23-20(25)27-10-2)19(17-15-13-12-14-16-17)29-30(7,8)22(4,5)6/h9,12-16,18-19H,1,10-11H2,2-8H3,(H,23,25). The molecule has 8 heteroatoms. The summed E-state index contributed by atoms with van der Waals surface area (Å²) in [6.07, 6.45) is -0.448. The van der Waals surface area contributed by atoms with Crippen LogP contribution in [0.15, 0.2) is 43.0 Å². The number of benzene rings is 1. The third-order valence-corrected chi connectivity index (χ3v) is 9.61. The summed E-state index contributed by atoms with van der Waals surface area (Å²) in [5.41, 5.74) is 3.36. The van der Waals surface area contributed by atoms with Gasteiger partial charge in [-0.1, -0.05) is 57.2 Å². The summed E-state index contributed by atoms with van der Waals surface area (Å²) in [5.74, 6) is 0. The van der Waals surface area contributed by atoms with Crippen LogP contribution in [0.25, 0.3) is 0 Å². The van der Waals surface area contributed by atoms with Crippen molar-refractivity contribution in [1.29, 1.82) is 0 Å². The average Bonchev–Trinajstić information content (AvgIpc) is 2.67. The Bertz CT molecular complexity index is 703. The summed E-state index contributed by atoms with van der Waals surface area (Å²) in [7, 11) is -2.25. The molecule has 0 bridgehead atoms. The maximum atomic E-state index is 12.7. The zero-order chi connectivity index (χ0) is 22.9. The van der Waals surface area contributed by atoms with Gasteiger partial charge in [-0.2, -0.15) is 0 Å². The van der Waals surface area contributed by atoms with Gasteiger partial charge in [-0.3, -0.25) is 0 Å². The van der Waals surface area contributed by atoms with Crippen molar-refractivity contribution in [2.45, 2.75) is 64.9 Å². The molecule has 2 atom stereocenters. The SMILES string of the molecule is C=CC(C(O[Si](C)(C)C(C)(C)C)c1ccccc1)N(NC(=O)OCC)C(=O)OCC. The fraction of sp³-hybridized carbons (Fsp3) is 0.545. The molecule has 168 valence electrons. The summed E-state index contributed by atoms with van der Waals surface area (Å²) in [4.78, 5) is 24.9. The molecule has 0 fully saturated rings. The van der Waals surface area contributed by atoms with E-state index in [9.17, 15) is 9.59 Å². The number of carbonyl (C=O) groups is 2. The quantitative estimate of drug-likeness (QED) is 0.334. The first-order chi connectivity index (χ1) is 14.0. The highest BCUT2D eigenvalue weighted by molar-refractivity contribution is 6.74. The Kier molecular flexibility index (Phi) is 9.58. The number of nitrogens with one attached hydrogen (secondary N) is 1. The number of hydrogen-bond donors (Lipinski definition) is 1. The zero-order valence-electron chi connectivity index (χ0n) is 19.2. The Balaban J connectivity index is 3.43. The molecule has 0 aliphatic carbocycles. The Hall–Kier alpha value is -2.32. The molecule has 7 nitrogen and oxygen atoms in total. The first-order valence-corrected chi connectivity index (χ1v) is 13.1. The number of hydrogen-bond acceptors (Lipinski definition) is 5. The van der Waals surface area contributed by atoms with E-state index in [0.717, 1.165) is 10.6 Å². The number of amides is 2. The van der Waals surface area contributed by atoms with Crippen molar-refractivity contribution in [3.63, 3.8) is 0 Å². The van der Waals surface area contributed by atoms with Gasteiger partial charge < -0.3 is 13.9 Å². The monoisotopic (exact) mass is 436 g/mol. The van der Waals surface area contributed by atoms with Crippen LogP contribution in [0.1, 0.15) is 46.3 Å². The van der Waals surface area contributed by atoms with Crippen molar-refractivity contribution in [3.8, 4) is 0 Å². The summed E-state index contributed by atoms with van der Waals surface area (Å²) in [6.45, 7) is 18.3. The van der Waals surface area contributed by atoms with Gasteiger partial charge in [0, 0.05) is 0 Å². The van der Waals surface area contributed by atoms with Crippen molar-refractivity contribution in [3.05, 3.63) is 48.6 Å². The highest BCUT2D eigenvalue weighted by Crippen LogP contribution is 2.41. The normalized spacial score (nSPS) is 13.7. The Labute approximate surface area is 181 Å². The van der Waals surface area contributed by atoms with Gasteiger partial charge in [-0.15, -0.1) is 6.58 Å². The average molecular weight is 437 g/mol. The summed E-state index contributed by atoms with van der Waals surface area (Å²) >= 11 is 0. The topological polar surface area (TPSA) is 77.1 Å². The minimum absolute atomic E-state index is 0.0604. The predicted octanol–water partition coefficient (Wildman–Crippen LogP) is 5.42. The Morgan fingerprint density at radius 2 is 1.70 bits per heavy atom. The maximum Gasteiger partial charge on any atom is 0.429 e. The van der Waals surface area contributed by atoms with Crippen molar-refractivity contribution in [1.82, 2.24) is 10.4 Å². The molecule has 0 aliphatic heterocycles. The lowest BCUT2D eigenvalue weighted by molar-refractivity contribution is 0.0281. The van der Waals surface area contributed by atoms with Gasteiger partial charge in [0.1, 0.15) is 6.04 Å². The maximum absolute atomic E-state index is 12.7. The molecule has 1 aromatic carbocycles. The van der Waals surface area contributed by atoms with Crippen LogP contribution >= 0.6 is 0 Å². The summed E-state index contributed by atoms with van der Waals surface area (Å²) < 4.78 is 16.9. The second kappa shape index (κ2) is 11.2. The van der Waals surface area contributed by atoms with E-state index < -0.39 is 32.6 Å². The molecule has 0 radical (unpaired) electrons. The van der Waals surface area contributed by atoms with Crippen LogP contribution in [0.4, 0.5) is 9.59 Å².